The molecule has 0 fully saturated rings. The summed E-state index contributed by atoms with van der Waals surface area (Å²) in [4.78, 5) is 8.68. The van der Waals surface area contributed by atoms with Crippen LogP contribution in [0.3, 0.4) is 0 Å². The zero-order valence-corrected chi connectivity index (χ0v) is 15.2. The molecule has 26 heavy (non-hydrogen) atoms. The van der Waals surface area contributed by atoms with Gasteiger partial charge in [0.25, 0.3) is 0 Å². The quantitative estimate of drug-likeness (QED) is 0.696. The molecule has 0 bridgehead atoms. The van der Waals surface area contributed by atoms with E-state index in [4.69, 9.17) is 9.47 Å². The van der Waals surface area contributed by atoms with E-state index in [-0.39, 0.29) is 18.2 Å². The van der Waals surface area contributed by atoms with Gasteiger partial charge >= 0.3 is 0 Å². The molecule has 0 saturated heterocycles. The molecule has 3 heterocycles. The van der Waals surface area contributed by atoms with Crippen LogP contribution >= 0.6 is 11.3 Å². The lowest BCUT2D eigenvalue weighted by atomic mass is 10.2. The van der Waals surface area contributed by atoms with Crippen LogP contribution in [-0.2, 0) is 16.4 Å². The molecule has 7 nitrogen and oxygen atoms in total. The van der Waals surface area contributed by atoms with Crippen LogP contribution in [0.2, 0.25) is 0 Å². The average molecular weight is 389 g/mol. The molecule has 4 rings (SSSR count). The van der Waals surface area contributed by atoms with E-state index in [0.717, 1.165) is 16.3 Å². The third-order valence-electron chi connectivity index (χ3n) is 3.81. The number of pyridine rings is 1. The number of hydrogen-bond donors (Lipinski definition) is 1. The lowest BCUT2D eigenvalue weighted by molar-refractivity contribution is 0.174. The average Bonchev–Trinajstić information content (AvgIpc) is 3.31. The van der Waals surface area contributed by atoms with E-state index in [9.17, 15) is 8.42 Å². The van der Waals surface area contributed by atoms with Crippen molar-refractivity contribution in [2.75, 3.05) is 13.3 Å². The highest BCUT2D eigenvalue weighted by Gasteiger charge is 2.20. The number of rotatable bonds is 6. The van der Waals surface area contributed by atoms with Gasteiger partial charge < -0.3 is 9.47 Å². The summed E-state index contributed by atoms with van der Waals surface area (Å²) in [6, 6.07) is 8.34. The fraction of sp³-hybridized carbons (Fsp3) is 0.176. The molecule has 0 unspecified atom stereocenters. The van der Waals surface area contributed by atoms with Crippen molar-refractivity contribution in [3.63, 3.8) is 0 Å². The second-order valence-corrected chi connectivity index (χ2v) is 8.23. The summed E-state index contributed by atoms with van der Waals surface area (Å²) in [6.07, 6.45) is 3.95. The molecule has 3 aromatic rings. The standard InChI is InChI=1S/C17H15N3O4S2/c21-26(22,13-1-2-15-16(9-13)24-11-23-15)19-8-5-17-20-14(10-25-17)12-3-6-18-7-4-12/h1-4,6-7,9-10,19H,5,8,11H2. The van der Waals surface area contributed by atoms with Crippen LogP contribution in [0.15, 0.2) is 53.0 Å². The maximum Gasteiger partial charge on any atom is 0.240 e. The van der Waals surface area contributed by atoms with Gasteiger partial charge in [-0.3, -0.25) is 4.98 Å². The van der Waals surface area contributed by atoms with Crippen LogP contribution in [0, 0.1) is 0 Å². The van der Waals surface area contributed by atoms with E-state index in [1.165, 1.54) is 23.5 Å². The molecule has 1 aliphatic rings. The summed E-state index contributed by atoms with van der Waals surface area (Å²) >= 11 is 1.50. The lowest BCUT2D eigenvalue weighted by Gasteiger charge is -2.06. The van der Waals surface area contributed by atoms with E-state index < -0.39 is 10.0 Å². The Morgan fingerprint density at radius 3 is 2.77 bits per heavy atom. The van der Waals surface area contributed by atoms with Gasteiger partial charge in [-0.2, -0.15) is 0 Å². The van der Waals surface area contributed by atoms with Gasteiger partial charge in [0.2, 0.25) is 16.8 Å². The Labute approximate surface area is 154 Å². The number of sulfonamides is 1. The molecule has 0 saturated carbocycles. The van der Waals surface area contributed by atoms with Crippen LogP contribution in [0.5, 0.6) is 11.5 Å². The zero-order valence-electron chi connectivity index (χ0n) is 13.6. The lowest BCUT2D eigenvalue weighted by Crippen LogP contribution is -2.25. The van der Waals surface area contributed by atoms with Crippen molar-refractivity contribution >= 4 is 21.4 Å². The molecular weight excluding hydrogens is 374 g/mol. The molecular formula is C17H15N3O4S2. The molecule has 1 aromatic carbocycles. The van der Waals surface area contributed by atoms with Gasteiger partial charge in [-0.05, 0) is 24.3 Å². The highest BCUT2D eigenvalue weighted by atomic mass is 32.2. The topological polar surface area (TPSA) is 90.4 Å². The summed E-state index contributed by atoms with van der Waals surface area (Å²) < 4.78 is 37.9. The fourth-order valence-corrected chi connectivity index (χ4v) is 4.35. The van der Waals surface area contributed by atoms with Gasteiger partial charge in [0, 0.05) is 42.4 Å². The van der Waals surface area contributed by atoms with Gasteiger partial charge in [-0.1, -0.05) is 0 Å². The van der Waals surface area contributed by atoms with Crippen LogP contribution < -0.4 is 14.2 Å². The molecule has 134 valence electrons. The van der Waals surface area contributed by atoms with Crippen molar-refractivity contribution in [3.05, 3.63) is 53.1 Å². The Morgan fingerprint density at radius 1 is 1.12 bits per heavy atom. The first-order chi connectivity index (χ1) is 12.6. The Bertz CT molecular complexity index is 1020. The largest absolute Gasteiger partial charge is 0.454 e. The third-order valence-corrected chi connectivity index (χ3v) is 6.18. The maximum absolute atomic E-state index is 12.4. The highest BCUT2D eigenvalue weighted by molar-refractivity contribution is 7.89. The van der Waals surface area contributed by atoms with E-state index in [0.29, 0.717) is 17.9 Å². The summed E-state index contributed by atoms with van der Waals surface area (Å²) in [5.41, 5.74) is 1.86. The summed E-state index contributed by atoms with van der Waals surface area (Å²) in [5.74, 6) is 0.991. The minimum atomic E-state index is -3.61. The number of benzene rings is 1. The number of hydrogen-bond acceptors (Lipinski definition) is 7. The Balaban J connectivity index is 1.39. The number of thiazole rings is 1. The molecule has 2 aromatic heterocycles. The fourth-order valence-electron chi connectivity index (χ4n) is 2.50. The zero-order chi connectivity index (χ0) is 18.0. The van der Waals surface area contributed by atoms with Crippen LogP contribution in [0.25, 0.3) is 11.3 Å². The van der Waals surface area contributed by atoms with E-state index in [2.05, 4.69) is 14.7 Å². The molecule has 0 aliphatic carbocycles. The van der Waals surface area contributed by atoms with Crippen molar-refractivity contribution in [1.29, 1.82) is 0 Å². The second kappa shape index (κ2) is 7.02. The molecule has 0 radical (unpaired) electrons. The Kier molecular flexibility index (Phi) is 4.58. The highest BCUT2D eigenvalue weighted by Crippen LogP contribution is 2.33. The predicted molar refractivity (Wildman–Crippen MR) is 96.8 cm³/mol. The van der Waals surface area contributed by atoms with Gasteiger partial charge in [-0.25, -0.2) is 18.1 Å². The normalized spacial score (nSPS) is 13.1. The first-order valence-electron chi connectivity index (χ1n) is 7.86. The summed E-state index contributed by atoms with van der Waals surface area (Å²) in [5, 5.41) is 2.82. The van der Waals surface area contributed by atoms with Gasteiger partial charge in [-0.15, -0.1) is 11.3 Å². The van der Waals surface area contributed by atoms with Crippen molar-refractivity contribution in [1.82, 2.24) is 14.7 Å². The smallest absolute Gasteiger partial charge is 0.240 e. The van der Waals surface area contributed by atoms with Gasteiger partial charge in [0.15, 0.2) is 11.5 Å². The molecule has 9 heteroatoms. The first-order valence-corrected chi connectivity index (χ1v) is 10.2. The number of ether oxygens (including phenoxy) is 2. The number of fused-ring (bicyclic) bond motifs is 1. The van der Waals surface area contributed by atoms with E-state index in [1.54, 1.807) is 18.5 Å². The van der Waals surface area contributed by atoms with E-state index in [1.807, 2.05) is 17.5 Å². The molecule has 0 atom stereocenters. The van der Waals surface area contributed by atoms with Crippen molar-refractivity contribution in [2.45, 2.75) is 11.3 Å². The molecule has 1 N–H and O–H groups in total. The maximum atomic E-state index is 12.4. The van der Waals surface area contributed by atoms with Crippen LogP contribution in [0.4, 0.5) is 0 Å². The minimum Gasteiger partial charge on any atom is -0.454 e. The van der Waals surface area contributed by atoms with Crippen molar-refractivity contribution < 1.29 is 17.9 Å². The van der Waals surface area contributed by atoms with Gasteiger partial charge in [0.1, 0.15) is 0 Å². The predicted octanol–water partition coefficient (Wildman–Crippen LogP) is 2.45. The SMILES string of the molecule is O=S(=O)(NCCc1nc(-c2ccncc2)cs1)c1ccc2c(c1)OCO2. The van der Waals surface area contributed by atoms with Crippen LogP contribution in [0.1, 0.15) is 5.01 Å². The van der Waals surface area contributed by atoms with Crippen molar-refractivity contribution in [3.8, 4) is 22.8 Å². The minimum absolute atomic E-state index is 0.107. The van der Waals surface area contributed by atoms with Crippen LogP contribution in [-0.4, -0.2) is 31.7 Å². The first kappa shape index (κ1) is 17.0. The molecule has 0 spiro atoms. The Morgan fingerprint density at radius 2 is 1.92 bits per heavy atom. The van der Waals surface area contributed by atoms with Crippen molar-refractivity contribution in [2.24, 2.45) is 0 Å². The molecule has 1 aliphatic heterocycles. The number of nitrogens with zero attached hydrogens (tertiary/aromatic N) is 2. The number of aromatic nitrogens is 2. The number of nitrogens with one attached hydrogen (secondary N) is 1. The summed E-state index contributed by atoms with van der Waals surface area (Å²) in [7, 11) is -3.61. The Hall–Kier alpha value is -2.49. The summed E-state index contributed by atoms with van der Waals surface area (Å²) in [6.45, 7) is 0.371. The monoisotopic (exact) mass is 389 g/mol. The van der Waals surface area contributed by atoms with Gasteiger partial charge in [0.05, 0.1) is 15.6 Å². The van der Waals surface area contributed by atoms with E-state index >= 15 is 0 Å². The third kappa shape index (κ3) is 3.55. The molecule has 0 amide bonds. The second-order valence-electron chi connectivity index (χ2n) is 5.53.